The minimum absolute atomic E-state index is 0.00427. The van der Waals surface area contributed by atoms with Crippen LogP contribution >= 0.6 is 0 Å². The number of nitrogens with one attached hydrogen (secondary N) is 1. The van der Waals surface area contributed by atoms with Crippen molar-refractivity contribution in [1.29, 1.82) is 0 Å². The number of aromatic nitrogens is 2. The molecular formula is C19H16F3N3O2. The Morgan fingerprint density at radius 1 is 1.11 bits per heavy atom. The third-order valence-corrected chi connectivity index (χ3v) is 4.11. The van der Waals surface area contributed by atoms with E-state index in [0.29, 0.717) is 5.69 Å². The van der Waals surface area contributed by atoms with Gasteiger partial charge in [0.2, 0.25) is 11.6 Å². The second-order valence-corrected chi connectivity index (χ2v) is 5.90. The Bertz CT molecular complexity index is 1030. The minimum atomic E-state index is -4.92. The maximum Gasteiger partial charge on any atom is 0.438 e. The van der Waals surface area contributed by atoms with E-state index in [1.807, 2.05) is 0 Å². The summed E-state index contributed by atoms with van der Waals surface area (Å²) in [6.07, 6.45) is -4.79. The molecule has 0 bridgehead atoms. The number of amides is 1. The number of para-hydroxylation sites is 3. The zero-order chi connectivity index (χ0) is 19.6. The summed E-state index contributed by atoms with van der Waals surface area (Å²) in [6.45, 7) is 1.63. The molecule has 1 aromatic heterocycles. The van der Waals surface area contributed by atoms with Crippen LogP contribution in [0.1, 0.15) is 25.1 Å². The Morgan fingerprint density at radius 3 is 2.37 bits per heavy atom. The van der Waals surface area contributed by atoms with E-state index in [1.165, 1.54) is 18.2 Å². The number of carbonyl (C=O) groups excluding carboxylic acids is 1. The van der Waals surface area contributed by atoms with Crippen LogP contribution in [-0.2, 0) is 11.0 Å². The number of carbonyl (C=O) groups is 1. The number of fused-ring (bicyclic) bond motifs is 1. The molecule has 0 unspecified atom stereocenters. The van der Waals surface area contributed by atoms with Crippen LogP contribution < -0.4 is 10.9 Å². The molecule has 1 atom stereocenters. The first-order chi connectivity index (χ1) is 12.8. The molecule has 0 spiro atoms. The van der Waals surface area contributed by atoms with E-state index in [0.717, 1.165) is 4.57 Å². The molecule has 0 fully saturated rings. The molecule has 0 radical (unpaired) electrons. The molecule has 5 nitrogen and oxygen atoms in total. The van der Waals surface area contributed by atoms with Crippen molar-refractivity contribution in [3.8, 4) is 0 Å². The molecule has 2 aromatic carbocycles. The molecule has 3 aromatic rings. The van der Waals surface area contributed by atoms with Gasteiger partial charge in [0, 0.05) is 5.69 Å². The number of anilines is 1. The Morgan fingerprint density at radius 2 is 1.74 bits per heavy atom. The molecule has 0 aliphatic carbocycles. The second-order valence-electron chi connectivity index (χ2n) is 5.90. The number of hydrogen-bond donors (Lipinski definition) is 1. The van der Waals surface area contributed by atoms with E-state index in [2.05, 4.69) is 10.3 Å². The van der Waals surface area contributed by atoms with Gasteiger partial charge < -0.3 is 5.32 Å². The summed E-state index contributed by atoms with van der Waals surface area (Å²) in [7, 11) is 0. The topological polar surface area (TPSA) is 64.0 Å². The molecule has 0 aliphatic heterocycles. The van der Waals surface area contributed by atoms with Crippen molar-refractivity contribution in [2.45, 2.75) is 25.6 Å². The zero-order valence-corrected chi connectivity index (χ0v) is 14.3. The van der Waals surface area contributed by atoms with Crippen LogP contribution in [-0.4, -0.2) is 15.5 Å². The number of benzene rings is 2. The van der Waals surface area contributed by atoms with Crippen LogP contribution in [0, 0.1) is 0 Å². The minimum Gasteiger partial charge on any atom is -0.324 e. The standard InChI is InChI=1S/C19H16F3N3O2/c1-2-14(17(26)23-12-8-4-3-5-9-12)25-15-11-7-6-10-13(15)24-16(18(25)27)19(20,21)22/h3-11,14H,2H2,1H3,(H,23,26)/t14-/m0/s1. The van der Waals surface area contributed by atoms with Gasteiger partial charge >= 0.3 is 6.18 Å². The van der Waals surface area contributed by atoms with Gasteiger partial charge in [-0.05, 0) is 30.7 Å². The summed E-state index contributed by atoms with van der Waals surface area (Å²) in [5.41, 5.74) is -2.22. The normalized spacial score (nSPS) is 12.7. The van der Waals surface area contributed by atoms with Crippen LogP contribution in [0.3, 0.4) is 0 Å². The van der Waals surface area contributed by atoms with Gasteiger partial charge in [0.25, 0.3) is 5.56 Å². The largest absolute Gasteiger partial charge is 0.438 e. The van der Waals surface area contributed by atoms with Crippen molar-refractivity contribution in [3.05, 3.63) is 70.6 Å². The Labute approximate surface area is 152 Å². The van der Waals surface area contributed by atoms with Gasteiger partial charge in [-0.15, -0.1) is 0 Å². The van der Waals surface area contributed by atoms with E-state index >= 15 is 0 Å². The first-order valence-electron chi connectivity index (χ1n) is 8.27. The molecule has 1 N–H and O–H groups in total. The molecule has 27 heavy (non-hydrogen) atoms. The number of nitrogens with zero attached hydrogens (tertiary/aromatic N) is 2. The fourth-order valence-electron chi connectivity index (χ4n) is 2.88. The lowest BCUT2D eigenvalue weighted by Crippen LogP contribution is -2.37. The van der Waals surface area contributed by atoms with Crippen molar-refractivity contribution < 1.29 is 18.0 Å². The molecule has 140 valence electrons. The van der Waals surface area contributed by atoms with Crippen molar-refractivity contribution in [2.24, 2.45) is 0 Å². The Hall–Kier alpha value is -3.16. The summed E-state index contributed by atoms with van der Waals surface area (Å²) in [6, 6.07) is 13.3. The second kappa shape index (κ2) is 7.22. The first kappa shape index (κ1) is 18.6. The van der Waals surface area contributed by atoms with Crippen LogP contribution in [0.4, 0.5) is 18.9 Å². The molecule has 8 heteroatoms. The molecule has 1 heterocycles. The van der Waals surface area contributed by atoms with E-state index < -0.39 is 29.4 Å². The summed E-state index contributed by atoms with van der Waals surface area (Å²) in [4.78, 5) is 28.8. The number of alkyl halides is 3. The van der Waals surface area contributed by atoms with Crippen molar-refractivity contribution in [3.63, 3.8) is 0 Å². The van der Waals surface area contributed by atoms with Crippen LogP contribution in [0.5, 0.6) is 0 Å². The van der Waals surface area contributed by atoms with Crippen LogP contribution in [0.15, 0.2) is 59.4 Å². The van der Waals surface area contributed by atoms with Gasteiger partial charge in [-0.2, -0.15) is 13.2 Å². The van der Waals surface area contributed by atoms with Gasteiger partial charge in [0.05, 0.1) is 11.0 Å². The van der Waals surface area contributed by atoms with Crippen molar-refractivity contribution >= 4 is 22.6 Å². The first-order valence-corrected chi connectivity index (χ1v) is 8.27. The summed E-state index contributed by atoms with van der Waals surface area (Å²) >= 11 is 0. The van der Waals surface area contributed by atoms with E-state index in [-0.39, 0.29) is 17.5 Å². The quantitative estimate of drug-likeness (QED) is 0.750. The highest BCUT2D eigenvalue weighted by molar-refractivity contribution is 5.94. The summed E-state index contributed by atoms with van der Waals surface area (Å²) in [5, 5.41) is 2.64. The van der Waals surface area contributed by atoms with Crippen LogP contribution in [0.25, 0.3) is 11.0 Å². The average molecular weight is 375 g/mol. The molecular weight excluding hydrogens is 359 g/mol. The fourth-order valence-corrected chi connectivity index (χ4v) is 2.88. The molecule has 0 saturated carbocycles. The monoisotopic (exact) mass is 375 g/mol. The average Bonchev–Trinajstić information content (AvgIpc) is 2.63. The predicted molar refractivity (Wildman–Crippen MR) is 95.4 cm³/mol. The molecule has 0 saturated heterocycles. The van der Waals surface area contributed by atoms with Gasteiger partial charge in [0.15, 0.2) is 0 Å². The molecule has 0 aliphatic rings. The van der Waals surface area contributed by atoms with Crippen molar-refractivity contribution in [2.75, 3.05) is 5.32 Å². The third kappa shape index (κ3) is 3.69. The fraction of sp³-hybridized carbons (Fsp3) is 0.211. The van der Waals surface area contributed by atoms with E-state index in [1.54, 1.807) is 43.3 Å². The highest BCUT2D eigenvalue weighted by atomic mass is 19.4. The Balaban J connectivity index is 2.16. The predicted octanol–water partition coefficient (Wildman–Crippen LogP) is 4.01. The highest BCUT2D eigenvalue weighted by Gasteiger charge is 2.38. The maximum atomic E-state index is 13.3. The van der Waals surface area contributed by atoms with Crippen molar-refractivity contribution in [1.82, 2.24) is 9.55 Å². The third-order valence-electron chi connectivity index (χ3n) is 4.11. The lowest BCUT2D eigenvalue weighted by atomic mass is 10.1. The van der Waals surface area contributed by atoms with Gasteiger partial charge in [-0.25, -0.2) is 4.98 Å². The molecule has 3 rings (SSSR count). The van der Waals surface area contributed by atoms with Gasteiger partial charge in [-0.1, -0.05) is 37.3 Å². The smallest absolute Gasteiger partial charge is 0.324 e. The Kier molecular flexibility index (Phi) is 4.98. The number of hydrogen-bond acceptors (Lipinski definition) is 3. The van der Waals surface area contributed by atoms with Gasteiger partial charge in [0.1, 0.15) is 6.04 Å². The molecule has 1 amide bonds. The number of halogens is 3. The lowest BCUT2D eigenvalue weighted by Gasteiger charge is -2.21. The highest BCUT2D eigenvalue weighted by Crippen LogP contribution is 2.28. The summed E-state index contributed by atoms with van der Waals surface area (Å²) < 4.78 is 40.8. The van der Waals surface area contributed by atoms with Crippen LogP contribution in [0.2, 0.25) is 0 Å². The lowest BCUT2D eigenvalue weighted by molar-refractivity contribution is -0.142. The van der Waals surface area contributed by atoms with E-state index in [4.69, 9.17) is 0 Å². The SMILES string of the molecule is CC[C@@H](C(=O)Nc1ccccc1)n1c(=O)c(C(F)(F)F)nc2ccccc21. The van der Waals surface area contributed by atoms with Gasteiger partial charge in [-0.3, -0.25) is 14.2 Å². The summed E-state index contributed by atoms with van der Waals surface area (Å²) in [5.74, 6) is -0.574. The maximum absolute atomic E-state index is 13.3. The number of rotatable bonds is 4. The zero-order valence-electron chi connectivity index (χ0n) is 14.3. The van der Waals surface area contributed by atoms with E-state index in [9.17, 15) is 22.8 Å².